The van der Waals surface area contributed by atoms with Crippen LogP contribution >= 0.6 is 39.0 Å². The van der Waals surface area contributed by atoms with Crippen molar-refractivity contribution < 1.29 is 17.2 Å². The van der Waals surface area contributed by atoms with Gasteiger partial charge in [-0.25, -0.2) is 22.0 Å². The summed E-state index contributed by atoms with van der Waals surface area (Å²) in [6, 6.07) is 6.14. The summed E-state index contributed by atoms with van der Waals surface area (Å²) in [7, 11) is -3.97. The van der Waals surface area contributed by atoms with E-state index in [0.29, 0.717) is 30.0 Å². The first-order chi connectivity index (χ1) is 15.5. The Morgan fingerprint density at radius 3 is 2.52 bits per heavy atom. The highest BCUT2D eigenvalue weighted by molar-refractivity contribution is 9.10. The van der Waals surface area contributed by atoms with Crippen molar-refractivity contribution in [2.24, 2.45) is 5.92 Å². The number of rotatable bonds is 6. The maximum atomic E-state index is 13.5. The van der Waals surface area contributed by atoms with Gasteiger partial charge in [0.1, 0.15) is 5.69 Å². The molecule has 0 spiro atoms. The zero-order valence-corrected chi connectivity index (χ0v) is 21.9. The van der Waals surface area contributed by atoms with E-state index in [-0.39, 0.29) is 29.5 Å². The average Bonchev–Trinajstić information content (AvgIpc) is 3.06. The topological polar surface area (TPSA) is 81.1 Å². The Morgan fingerprint density at radius 1 is 1.24 bits per heavy atom. The number of hydrogen-bond acceptors (Lipinski definition) is 6. The largest absolute Gasteiger partial charge is 0.354 e. The van der Waals surface area contributed by atoms with Crippen LogP contribution in [0.25, 0.3) is 5.69 Å². The van der Waals surface area contributed by atoms with E-state index < -0.39 is 21.6 Å². The molecule has 1 fully saturated rings. The van der Waals surface area contributed by atoms with Crippen LogP contribution in [0.15, 0.2) is 42.6 Å². The zero-order valence-electron chi connectivity index (χ0n) is 17.9. The predicted molar refractivity (Wildman–Crippen MR) is 131 cm³/mol. The van der Waals surface area contributed by atoms with Crippen LogP contribution in [0.5, 0.6) is 0 Å². The Hall–Kier alpha value is -1.50. The molecule has 1 N–H and O–H groups in total. The molecular formula is C21H22BrF2N3O3S3. The Labute approximate surface area is 207 Å². The maximum Gasteiger partial charge on any atom is 0.354 e. The fourth-order valence-corrected chi connectivity index (χ4v) is 7.68. The van der Waals surface area contributed by atoms with E-state index >= 15 is 0 Å². The van der Waals surface area contributed by atoms with E-state index in [9.17, 15) is 22.0 Å². The molecule has 1 saturated carbocycles. The van der Waals surface area contributed by atoms with Crippen molar-refractivity contribution in [3.05, 3.63) is 49.8 Å². The third kappa shape index (κ3) is 5.28. The summed E-state index contributed by atoms with van der Waals surface area (Å²) in [5.41, 5.74) is 0.522. The molecule has 0 radical (unpaired) electrons. The molecule has 1 aromatic rings. The lowest BCUT2D eigenvalue weighted by Gasteiger charge is -2.28. The number of imidazole rings is 1. The minimum absolute atomic E-state index is 0.0278. The number of nitrogens with zero attached hydrogens (tertiary/aromatic N) is 2. The van der Waals surface area contributed by atoms with Crippen molar-refractivity contribution in [1.82, 2.24) is 9.55 Å². The van der Waals surface area contributed by atoms with Crippen LogP contribution in [0, 0.1) is 19.8 Å². The Morgan fingerprint density at radius 2 is 1.88 bits per heavy atom. The molecule has 0 atom stereocenters. The summed E-state index contributed by atoms with van der Waals surface area (Å²) >= 11 is 6.19. The highest BCUT2D eigenvalue weighted by Crippen LogP contribution is 2.42. The van der Waals surface area contributed by atoms with Gasteiger partial charge in [-0.05, 0) is 56.9 Å². The predicted octanol–water partition coefficient (Wildman–Crippen LogP) is 5.83. The van der Waals surface area contributed by atoms with E-state index in [1.54, 1.807) is 19.1 Å². The first-order valence-electron chi connectivity index (χ1n) is 10.3. The van der Waals surface area contributed by atoms with Crippen molar-refractivity contribution in [2.45, 2.75) is 54.6 Å². The minimum atomic E-state index is -3.97. The van der Waals surface area contributed by atoms with E-state index in [1.165, 1.54) is 39.8 Å². The van der Waals surface area contributed by atoms with Crippen LogP contribution in [0.2, 0.25) is 0 Å². The Bertz CT molecular complexity index is 1300. The summed E-state index contributed by atoms with van der Waals surface area (Å²) in [6.07, 6.45) is 0.668. The number of aryl methyl sites for hydroxylation is 1. The van der Waals surface area contributed by atoms with Gasteiger partial charge in [0.2, 0.25) is 5.92 Å². The van der Waals surface area contributed by atoms with E-state index in [4.69, 9.17) is 0 Å². The van der Waals surface area contributed by atoms with Crippen molar-refractivity contribution >= 4 is 54.9 Å². The average molecular weight is 579 g/mol. The molecule has 0 unspecified atom stereocenters. The number of aromatic nitrogens is 2. The van der Waals surface area contributed by atoms with Crippen LogP contribution in [0.4, 0.5) is 14.6 Å². The van der Waals surface area contributed by atoms with Gasteiger partial charge in [-0.15, -0.1) is 23.1 Å². The van der Waals surface area contributed by atoms with Gasteiger partial charge < -0.3 is 0 Å². The van der Waals surface area contributed by atoms with Gasteiger partial charge >= 0.3 is 5.69 Å². The first kappa shape index (κ1) is 24.6. The molecule has 178 valence electrons. The van der Waals surface area contributed by atoms with Gasteiger partial charge in [-0.2, -0.15) is 4.98 Å². The number of halogens is 3. The molecular weight excluding hydrogens is 556 g/mol. The molecule has 12 heteroatoms. The summed E-state index contributed by atoms with van der Waals surface area (Å²) in [5, 5.41) is 0. The van der Waals surface area contributed by atoms with Crippen LogP contribution < -0.4 is 10.4 Å². The zero-order chi connectivity index (χ0) is 24.0. The van der Waals surface area contributed by atoms with Crippen LogP contribution in [0.1, 0.15) is 36.3 Å². The van der Waals surface area contributed by atoms with Crippen LogP contribution in [-0.2, 0) is 10.0 Å². The SMILES string of the molecule is Cc1sc(SCC2CCC(F)(F)CC2)c2c(NS(=O)(=O)c3ccc(Br)cc3)nc(=O)n-2c1C. The number of hydrogen-bond donors (Lipinski definition) is 1. The molecule has 0 amide bonds. The van der Waals surface area contributed by atoms with Crippen molar-refractivity contribution in [3.8, 4) is 5.69 Å². The highest BCUT2D eigenvalue weighted by atomic mass is 79.9. The standard InChI is InChI=1S/C21H22BrF2N3O3S3/c1-12-13(2)32-19(31-11-14-7-9-21(23,24)10-8-14)17-18(25-20(28)27(12)17)26-33(29,30)16-5-3-15(22)4-6-16/h3-6,14H,7-11H2,1-2H3,(H,25,26,28). The summed E-state index contributed by atoms with van der Waals surface area (Å²) < 4.78 is 58.3. The second-order valence-electron chi connectivity index (χ2n) is 8.13. The molecule has 2 aliphatic heterocycles. The van der Waals surface area contributed by atoms with E-state index in [1.807, 2.05) is 6.92 Å². The van der Waals surface area contributed by atoms with E-state index in [0.717, 1.165) is 13.6 Å². The maximum absolute atomic E-state index is 13.5. The normalized spacial score (nSPS) is 16.9. The molecule has 2 heterocycles. The van der Waals surface area contributed by atoms with Crippen molar-refractivity contribution in [2.75, 3.05) is 10.5 Å². The van der Waals surface area contributed by atoms with Crippen molar-refractivity contribution in [3.63, 3.8) is 0 Å². The molecule has 6 nitrogen and oxygen atoms in total. The lowest BCUT2D eigenvalue weighted by molar-refractivity contribution is -0.0433. The summed E-state index contributed by atoms with van der Waals surface area (Å²) in [4.78, 5) is 17.6. The minimum Gasteiger partial charge on any atom is -0.261 e. The molecule has 1 aliphatic carbocycles. The fraction of sp³-hybridized carbons (Fsp3) is 0.429. The Balaban J connectivity index is 1.67. The van der Waals surface area contributed by atoms with E-state index in [2.05, 4.69) is 25.6 Å². The van der Waals surface area contributed by atoms with Crippen LogP contribution in [0.3, 0.4) is 0 Å². The molecule has 1 aromatic carbocycles. The number of anilines is 1. The van der Waals surface area contributed by atoms with Gasteiger partial charge in [0.05, 0.1) is 9.10 Å². The molecule has 0 bridgehead atoms. The lowest BCUT2D eigenvalue weighted by Crippen LogP contribution is -2.25. The number of sulfonamides is 1. The highest BCUT2D eigenvalue weighted by Gasteiger charge is 2.35. The van der Waals surface area contributed by atoms with Crippen molar-refractivity contribution in [1.29, 1.82) is 0 Å². The number of nitrogens with one attached hydrogen (secondary N) is 1. The molecule has 33 heavy (non-hydrogen) atoms. The summed E-state index contributed by atoms with van der Waals surface area (Å²) in [6.45, 7) is 3.67. The fourth-order valence-electron chi connectivity index (χ4n) is 3.75. The first-order valence-corrected chi connectivity index (χ1v) is 14.4. The smallest absolute Gasteiger partial charge is 0.261 e. The molecule has 0 saturated heterocycles. The molecule has 3 aliphatic rings. The quantitative estimate of drug-likeness (QED) is 0.373. The van der Waals surface area contributed by atoms with Gasteiger partial charge in [-0.3, -0.25) is 9.29 Å². The second-order valence-corrected chi connectivity index (χ2v) is 13.2. The third-order valence-electron chi connectivity index (χ3n) is 5.77. The van der Waals surface area contributed by atoms with Gasteiger partial charge in [0.15, 0.2) is 5.82 Å². The number of thioether (sulfide) groups is 1. The molecule has 4 rings (SSSR count). The Kier molecular flexibility index (Phi) is 6.92. The van der Waals surface area contributed by atoms with Gasteiger partial charge in [0.25, 0.3) is 10.0 Å². The number of alkyl halides is 2. The van der Waals surface area contributed by atoms with Gasteiger partial charge in [0, 0.05) is 33.6 Å². The number of benzene rings is 1. The van der Waals surface area contributed by atoms with Crippen LogP contribution in [-0.4, -0.2) is 29.6 Å². The number of fused-ring (bicyclic) bond motifs is 1. The summed E-state index contributed by atoms with van der Waals surface area (Å²) in [5.74, 6) is -1.86. The second kappa shape index (κ2) is 9.27. The molecule has 0 aromatic heterocycles. The van der Waals surface area contributed by atoms with Gasteiger partial charge in [-0.1, -0.05) is 15.9 Å². The monoisotopic (exact) mass is 577 g/mol. The third-order valence-corrected chi connectivity index (χ3v) is 10.3. The lowest BCUT2D eigenvalue weighted by atomic mass is 9.88.